The summed E-state index contributed by atoms with van der Waals surface area (Å²) in [7, 11) is 0. The third kappa shape index (κ3) is 1.90. The zero-order chi connectivity index (χ0) is 12.5. The number of fused-ring (bicyclic) bond motifs is 1. The highest BCUT2D eigenvalue weighted by molar-refractivity contribution is 5.97. The van der Waals surface area contributed by atoms with Gasteiger partial charge in [-0.3, -0.25) is 4.79 Å². The fraction of sp³-hybridized carbons (Fsp3) is 0.188. The van der Waals surface area contributed by atoms with E-state index in [-0.39, 0.29) is 5.91 Å². The van der Waals surface area contributed by atoms with Crippen molar-refractivity contribution >= 4 is 5.91 Å². The van der Waals surface area contributed by atoms with Crippen LogP contribution in [0.25, 0.3) is 11.1 Å². The maximum Gasteiger partial charge on any atom is 0.251 e. The molecule has 0 saturated heterocycles. The van der Waals surface area contributed by atoms with Crippen LogP contribution >= 0.6 is 0 Å². The van der Waals surface area contributed by atoms with Crippen LogP contribution in [-0.2, 0) is 6.42 Å². The van der Waals surface area contributed by atoms with Crippen LogP contribution in [0.1, 0.15) is 21.5 Å². The molecule has 2 heteroatoms. The molecule has 3 rings (SSSR count). The van der Waals surface area contributed by atoms with Crippen LogP contribution < -0.4 is 5.32 Å². The first-order chi connectivity index (χ1) is 8.74. The predicted octanol–water partition coefficient (Wildman–Crippen LogP) is 2.95. The predicted molar refractivity (Wildman–Crippen MR) is 72.7 cm³/mol. The molecule has 0 atom stereocenters. The molecule has 18 heavy (non-hydrogen) atoms. The molecule has 0 bridgehead atoms. The molecule has 1 aliphatic heterocycles. The van der Waals surface area contributed by atoms with E-state index in [1.807, 2.05) is 6.07 Å². The minimum atomic E-state index is 0.0465. The highest BCUT2D eigenvalue weighted by Crippen LogP contribution is 2.24. The summed E-state index contributed by atoms with van der Waals surface area (Å²) in [6.45, 7) is 2.82. The second-order valence-corrected chi connectivity index (χ2v) is 4.74. The SMILES string of the molecule is Cc1ccc(-c2ccc3c(c2)C(=O)NCC3)cc1. The number of carbonyl (C=O) groups is 1. The molecule has 1 amide bonds. The molecule has 0 spiro atoms. The van der Waals surface area contributed by atoms with Gasteiger partial charge in [-0.15, -0.1) is 0 Å². The summed E-state index contributed by atoms with van der Waals surface area (Å²) < 4.78 is 0. The van der Waals surface area contributed by atoms with Gasteiger partial charge in [0, 0.05) is 12.1 Å². The van der Waals surface area contributed by atoms with Crippen LogP contribution in [0.5, 0.6) is 0 Å². The van der Waals surface area contributed by atoms with Gasteiger partial charge in [0.1, 0.15) is 0 Å². The Morgan fingerprint density at radius 1 is 1.00 bits per heavy atom. The Bertz CT molecular complexity index is 599. The van der Waals surface area contributed by atoms with Crippen LogP contribution in [0.15, 0.2) is 42.5 Å². The van der Waals surface area contributed by atoms with Crippen molar-refractivity contribution in [3.63, 3.8) is 0 Å². The molecule has 2 aromatic rings. The molecule has 0 aromatic heterocycles. The van der Waals surface area contributed by atoms with Crippen molar-refractivity contribution < 1.29 is 4.79 Å². The van der Waals surface area contributed by atoms with E-state index >= 15 is 0 Å². The average Bonchev–Trinajstić information content (AvgIpc) is 2.40. The van der Waals surface area contributed by atoms with E-state index in [1.54, 1.807) is 0 Å². The van der Waals surface area contributed by atoms with Crippen LogP contribution in [0, 0.1) is 6.92 Å². The van der Waals surface area contributed by atoms with Crippen LogP contribution in [0.3, 0.4) is 0 Å². The van der Waals surface area contributed by atoms with Gasteiger partial charge in [0.05, 0.1) is 0 Å². The molecule has 2 aromatic carbocycles. The van der Waals surface area contributed by atoms with Crippen molar-refractivity contribution in [1.29, 1.82) is 0 Å². The normalized spacial score (nSPS) is 13.9. The van der Waals surface area contributed by atoms with Gasteiger partial charge in [-0.25, -0.2) is 0 Å². The summed E-state index contributed by atoms with van der Waals surface area (Å²) in [5, 5.41) is 2.89. The zero-order valence-corrected chi connectivity index (χ0v) is 10.4. The number of rotatable bonds is 1. The van der Waals surface area contributed by atoms with E-state index in [0.717, 1.165) is 35.2 Å². The van der Waals surface area contributed by atoms with Gasteiger partial charge < -0.3 is 5.32 Å². The lowest BCUT2D eigenvalue weighted by atomic mass is 9.95. The van der Waals surface area contributed by atoms with Crippen molar-refractivity contribution in [2.75, 3.05) is 6.54 Å². The van der Waals surface area contributed by atoms with E-state index in [2.05, 4.69) is 48.6 Å². The monoisotopic (exact) mass is 237 g/mol. The molecule has 0 unspecified atom stereocenters. The van der Waals surface area contributed by atoms with Gasteiger partial charge >= 0.3 is 0 Å². The molecule has 0 fully saturated rings. The number of hydrogen-bond acceptors (Lipinski definition) is 1. The lowest BCUT2D eigenvalue weighted by molar-refractivity contribution is 0.0946. The molecule has 1 aliphatic rings. The lowest BCUT2D eigenvalue weighted by Crippen LogP contribution is -2.31. The number of benzene rings is 2. The Hall–Kier alpha value is -2.09. The number of carbonyl (C=O) groups excluding carboxylic acids is 1. The molecule has 90 valence electrons. The maximum absolute atomic E-state index is 11.8. The molecular weight excluding hydrogens is 222 g/mol. The number of nitrogens with one attached hydrogen (secondary N) is 1. The molecule has 2 nitrogen and oxygen atoms in total. The quantitative estimate of drug-likeness (QED) is 0.811. The highest BCUT2D eigenvalue weighted by atomic mass is 16.1. The Morgan fingerprint density at radius 2 is 1.72 bits per heavy atom. The Kier molecular flexibility index (Phi) is 2.63. The summed E-state index contributed by atoms with van der Waals surface area (Å²) >= 11 is 0. The minimum Gasteiger partial charge on any atom is -0.352 e. The molecule has 1 heterocycles. The number of amides is 1. The third-order valence-corrected chi connectivity index (χ3v) is 3.42. The first-order valence-corrected chi connectivity index (χ1v) is 6.22. The second-order valence-electron chi connectivity index (χ2n) is 4.74. The van der Waals surface area contributed by atoms with Gasteiger partial charge in [-0.2, -0.15) is 0 Å². The Labute approximate surface area is 107 Å². The first-order valence-electron chi connectivity index (χ1n) is 6.22. The minimum absolute atomic E-state index is 0.0465. The van der Waals surface area contributed by atoms with Gasteiger partial charge in [0.2, 0.25) is 0 Å². The highest BCUT2D eigenvalue weighted by Gasteiger charge is 2.16. The number of aryl methyl sites for hydroxylation is 1. The van der Waals surface area contributed by atoms with Crippen molar-refractivity contribution in [2.45, 2.75) is 13.3 Å². The van der Waals surface area contributed by atoms with E-state index in [4.69, 9.17) is 0 Å². The largest absolute Gasteiger partial charge is 0.352 e. The van der Waals surface area contributed by atoms with E-state index in [9.17, 15) is 4.79 Å². The van der Waals surface area contributed by atoms with Crippen molar-refractivity contribution in [2.24, 2.45) is 0 Å². The summed E-state index contributed by atoms with van der Waals surface area (Å²) in [5.74, 6) is 0.0465. The lowest BCUT2D eigenvalue weighted by Gasteiger charge is -2.17. The van der Waals surface area contributed by atoms with Crippen LogP contribution in [0.4, 0.5) is 0 Å². The van der Waals surface area contributed by atoms with Crippen molar-refractivity contribution in [1.82, 2.24) is 5.32 Å². The first kappa shape index (κ1) is 11.0. The van der Waals surface area contributed by atoms with Crippen LogP contribution in [-0.4, -0.2) is 12.5 Å². The molecule has 1 N–H and O–H groups in total. The average molecular weight is 237 g/mol. The molecule has 0 aliphatic carbocycles. The maximum atomic E-state index is 11.8. The summed E-state index contributed by atoms with van der Waals surface area (Å²) in [4.78, 5) is 11.8. The fourth-order valence-electron chi connectivity index (χ4n) is 2.34. The third-order valence-electron chi connectivity index (χ3n) is 3.42. The topological polar surface area (TPSA) is 29.1 Å². The Balaban J connectivity index is 2.06. The molecular formula is C16H15NO. The second kappa shape index (κ2) is 4.30. The number of hydrogen-bond donors (Lipinski definition) is 1. The summed E-state index contributed by atoms with van der Waals surface area (Å²) in [6.07, 6.45) is 0.926. The van der Waals surface area contributed by atoms with Crippen LogP contribution in [0.2, 0.25) is 0 Å². The zero-order valence-electron chi connectivity index (χ0n) is 10.4. The van der Waals surface area contributed by atoms with Gasteiger partial charge in [0.25, 0.3) is 5.91 Å². The van der Waals surface area contributed by atoms with Crippen molar-refractivity contribution in [3.8, 4) is 11.1 Å². The summed E-state index contributed by atoms with van der Waals surface area (Å²) in [6, 6.07) is 14.5. The summed E-state index contributed by atoms with van der Waals surface area (Å²) in [5.41, 5.74) is 5.47. The Morgan fingerprint density at radius 3 is 2.50 bits per heavy atom. The van der Waals surface area contributed by atoms with E-state index in [1.165, 1.54) is 5.56 Å². The smallest absolute Gasteiger partial charge is 0.251 e. The van der Waals surface area contributed by atoms with E-state index in [0.29, 0.717) is 0 Å². The van der Waals surface area contributed by atoms with E-state index < -0.39 is 0 Å². The fourth-order valence-corrected chi connectivity index (χ4v) is 2.34. The van der Waals surface area contributed by atoms with Crippen molar-refractivity contribution in [3.05, 3.63) is 59.2 Å². The van der Waals surface area contributed by atoms with Gasteiger partial charge in [-0.05, 0) is 36.1 Å². The molecule has 0 radical (unpaired) electrons. The van der Waals surface area contributed by atoms with Gasteiger partial charge in [0.15, 0.2) is 0 Å². The van der Waals surface area contributed by atoms with Gasteiger partial charge in [-0.1, -0.05) is 42.0 Å². The standard InChI is InChI=1S/C16H15NO/c1-11-2-4-12(5-3-11)14-7-6-13-8-9-17-16(18)15(13)10-14/h2-7,10H,8-9H2,1H3,(H,17,18). The molecule has 0 saturated carbocycles.